The van der Waals surface area contributed by atoms with Crippen LogP contribution in [0, 0.1) is 0 Å². The minimum Gasteiger partial charge on any atom is -0.294 e. The predicted octanol–water partition coefficient (Wildman–Crippen LogP) is 5.90. The molecule has 0 N–H and O–H groups in total. The molecule has 6 aromatic rings. The molecule has 4 aromatic carbocycles. The zero-order valence-electron chi connectivity index (χ0n) is 17.9. The molecule has 0 radical (unpaired) electrons. The van der Waals surface area contributed by atoms with Gasteiger partial charge in [-0.15, -0.1) is 0 Å². The van der Waals surface area contributed by atoms with Crippen molar-refractivity contribution in [3.8, 4) is 16.9 Å². The Kier molecular flexibility index (Phi) is 4.62. The van der Waals surface area contributed by atoms with Crippen LogP contribution in [0.5, 0.6) is 0 Å². The zero-order valence-corrected chi connectivity index (χ0v) is 17.9. The largest absolute Gasteiger partial charge is 0.294 e. The molecule has 0 atom stereocenters. The maximum absolute atomic E-state index is 12.9. The molecule has 0 fully saturated rings. The predicted molar refractivity (Wildman–Crippen MR) is 133 cm³/mol. The molecule has 4 nitrogen and oxygen atoms in total. The molecule has 0 aliphatic rings. The Morgan fingerprint density at radius 3 is 2.12 bits per heavy atom. The fourth-order valence-electron chi connectivity index (χ4n) is 4.52. The van der Waals surface area contributed by atoms with Gasteiger partial charge in [-0.1, -0.05) is 84.9 Å². The Morgan fingerprint density at radius 2 is 1.36 bits per heavy atom. The van der Waals surface area contributed by atoms with Crippen molar-refractivity contribution in [3.63, 3.8) is 0 Å². The van der Waals surface area contributed by atoms with Gasteiger partial charge in [-0.2, -0.15) is 9.61 Å². The molecule has 2 aromatic heterocycles. The van der Waals surface area contributed by atoms with E-state index in [9.17, 15) is 4.79 Å². The molecular weight excluding hydrogens is 406 g/mol. The van der Waals surface area contributed by atoms with Gasteiger partial charge in [0.2, 0.25) is 0 Å². The number of nitrogens with zero attached hydrogens (tertiary/aromatic N) is 3. The average molecular weight is 428 g/mol. The first-order valence-corrected chi connectivity index (χ1v) is 11.0. The summed E-state index contributed by atoms with van der Waals surface area (Å²) < 4.78 is 3.63. The molecule has 0 bridgehead atoms. The van der Waals surface area contributed by atoms with Crippen molar-refractivity contribution >= 4 is 16.4 Å². The molecule has 0 spiro atoms. The molecular formula is C29H21N3O. The lowest BCUT2D eigenvalue weighted by molar-refractivity contribution is 0.868. The van der Waals surface area contributed by atoms with E-state index in [0.29, 0.717) is 0 Å². The highest BCUT2D eigenvalue weighted by Crippen LogP contribution is 2.31. The summed E-state index contributed by atoms with van der Waals surface area (Å²) in [5.41, 5.74) is 5.89. The normalized spacial score (nSPS) is 11.3. The van der Waals surface area contributed by atoms with Gasteiger partial charge < -0.3 is 0 Å². The van der Waals surface area contributed by atoms with Crippen molar-refractivity contribution in [1.82, 2.24) is 14.2 Å². The van der Waals surface area contributed by atoms with E-state index in [2.05, 4.69) is 70.3 Å². The lowest BCUT2D eigenvalue weighted by Gasteiger charge is -2.20. The van der Waals surface area contributed by atoms with Gasteiger partial charge in [0.15, 0.2) is 0 Å². The first kappa shape index (κ1) is 19.3. The van der Waals surface area contributed by atoms with Crippen LogP contribution in [0.3, 0.4) is 0 Å². The lowest BCUT2D eigenvalue weighted by Crippen LogP contribution is -2.19. The van der Waals surface area contributed by atoms with Gasteiger partial charge in [0.1, 0.15) is 5.65 Å². The summed E-state index contributed by atoms with van der Waals surface area (Å²) in [6.07, 6.45) is 2.46. The minimum absolute atomic E-state index is 0.143. The Balaban J connectivity index is 1.70. The summed E-state index contributed by atoms with van der Waals surface area (Å²) in [5, 5.41) is 6.64. The van der Waals surface area contributed by atoms with Gasteiger partial charge in [0.25, 0.3) is 5.56 Å². The van der Waals surface area contributed by atoms with Crippen LogP contribution in [0.2, 0.25) is 0 Å². The van der Waals surface area contributed by atoms with Crippen molar-refractivity contribution in [2.75, 3.05) is 0 Å². The van der Waals surface area contributed by atoms with Crippen molar-refractivity contribution in [3.05, 3.63) is 137 Å². The highest BCUT2D eigenvalue weighted by Gasteiger charge is 2.17. The van der Waals surface area contributed by atoms with Gasteiger partial charge in [-0.25, -0.2) is 0 Å². The molecule has 4 heteroatoms. The summed E-state index contributed by atoms with van der Waals surface area (Å²) >= 11 is 0. The first-order valence-electron chi connectivity index (χ1n) is 11.0. The average Bonchev–Trinajstić information content (AvgIpc) is 3.36. The van der Waals surface area contributed by atoms with Crippen LogP contribution in [0.25, 0.3) is 33.4 Å². The Labute approximate surface area is 191 Å². The van der Waals surface area contributed by atoms with Crippen molar-refractivity contribution in [2.24, 2.45) is 0 Å². The molecule has 0 aliphatic heterocycles. The summed E-state index contributed by atoms with van der Waals surface area (Å²) in [7, 11) is 0. The van der Waals surface area contributed by atoms with Crippen molar-refractivity contribution in [2.45, 2.75) is 6.42 Å². The molecule has 158 valence electrons. The van der Waals surface area contributed by atoms with E-state index in [1.165, 1.54) is 21.0 Å². The number of rotatable bonds is 4. The van der Waals surface area contributed by atoms with Crippen LogP contribution in [0.4, 0.5) is 0 Å². The lowest BCUT2D eigenvalue weighted by atomic mass is 9.98. The number of hydrogen-bond acceptors (Lipinski definition) is 2. The van der Waals surface area contributed by atoms with Gasteiger partial charge in [0, 0.05) is 12.1 Å². The Hall–Kier alpha value is -4.44. The topological polar surface area (TPSA) is 39.3 Å². The molecule has 6 rings (SSSR count). The second kappa shape index (κ2) is 7.92. The fourth-order valence-corrected chi connectivity index (χ4v) is 4.52. The summed E-state index contributed by atoms with van der Waals surface area (Å²) in [4.78, 5) is 12.9. The van der Waals surface area contributed by atoms with E-state index in [1.807, 2.05) is 42.5 Å². The van der Waals surface area contributed by atoms with E-state index in [1.54, 1.807) is 12.3 Å². The first-order chi connectivity index (χ1) is 16.3. The number of hydrogen-bond donors (Lipinski definition) is 0. The van der Waals surface area contributed by atoms with Crippen LogP contribution >= 0.6 is 0 Å². The number of fused-ring (bicyclic) bond motifs is 2. The fraction of sp³-hybridized carbons (Fsp3) is 0.0345. The smallest absolute Gasteiger partial charge is 0.274 e. The van der Waals surface area contributed by atoms with E-state index in [-0.39, 0.29) is 5.56 Å². The summed E-state index contributed by atoms with van der Waals surface area (Å²) in [6, 6.07) is 37.0. The minimum atomic E-state index is -0.143. The Morgan fingerprint density at radius 1 is 0.697 bits per heavy atom. The van der Waals surface area contributed by atoms with Gasteiger partial charge in [0.05, 0.1) is 17.6 Å². The standard InChI is InChI=1S/C29H21N3O/c33-29-20-27(22-11-5-2-6-12-22)31(28-15-16-30-32(28)29)26-19-24-14-8-7-13-23(24)18-25(26)17-21-9-3-1-4-10-21/h1-16,18-20H,17H2. The number of aromatic nitrogens is 3. The van der Waals surface area contributed by atoms with Crippen molar-refractivity contribution < 1.29 is 0 Å². The zero-order chi connectivity index (χ0) is 22.2. The van der Waals surface area contributed by atoms with Crippen LogP contribution in [0.15, 0.2) is 120 Å². The van der Waals surface area contributed by atoms with Crippen LogP contribution in [0.1, 0.15) is 11.1 Å². The second-order valence-corrected chi connectivity index (χ2v) is 8.16. The van der Waals surface area contributed by atoms with Crippen LogP contribution in [-0.2, 0) is 6.42 Å². The molecule has 0 saturated heterocycles. The summed E-state index contributed by atoms with van der Waals surface area (Å²) in [5.74, 6) is 0. The van der Waals surface area contributed by atoms with Crippen LogP contribution in [-0.4, -0.2) is 14.2 Å². The third kappa shape index (κ3) is 3.42. The quantitative estimate of drug-likeness (QED) is 0.352. The SMILES string of the molecule is O=c1cc(-c2ccccc2)n(-c2cc3ccccc3cc2Cc2ccccc2)c2ccnn12. The molecule has 0 saturated carbocycles. The third-order valence-corrected chi connectivity index (χ3v) is 6.06. The second-order valence-electron chi connectivity index (χ2n) is 8.16. The van der Waals surface area contributed by atoms with Crippen molar-refractivity contribution in [1.29, 1.82) is 0 Å². The maximum Gasteiger partial charge on any atom is 0.274 e. The number of benzene rings is 4. The highest BCUT2D eigenvalue weighted by atomic mass is 16.1. The third-order valence-electron chi connectivity index (χ3n) is 6.06. The van der Waals surface area contributed by atoms with Gasteiger partial charge in [-0.3, -0.25) is 9.36 Å². The van der Waals surface area contributed by atoms with Crippen LogP contribution < -0.4 is 5.56 Å². The van der Waals surface area contributed by atoms with E-state index >= 15 is 0 Å². The summed E-state index contributed by atoms with van der Waals surface area (Å²) in [6.45, 7) is 0. The molecule has 2 heterocycles. The highest BCUT2D eigenvalue weighted by molar-refractivity contribution is 5.87. The Bertz CT molecular complexity index is 1650. The van der Waals surface area contributed by atoms with E-state index < -0.39 is 0 Å². The van der Waals surface area contributed by atoms with Gasteiger partial charge >= 0.3 is 0 Å². The van der Waals surface area contributed by atoms with E-state index in [0.717, 1.165) is 34.4 Å². The molecule has 33 heavy (non-hydrogen) atoms. The molecule has 0 aliphatic carbocycles. The van der Waals surface area contributed by atoms with E-state index in [4.69, 9.17) is 0 Å². The molecule has 0 amide bonds. The van der Waals surface area contributed by atoms with Gasteiger partial charge in [-0.05, 0) is 46.0 Å². The maximum atomic E-state index is 12.9. The monoisotopic (exact) mass is 427 g/mol. The molecule has 0 unspecified atom stereocenters.